The summed E-state index contributed by atoms with van der Waals surface area (Å²) in [5, 5.41) is 0.724. The van der Waals surface area contributed by atoms with E-state index < -0.39 is 0 Å². The predicted molar refractivity (Wildman–Crippen MR) is 94.9 cm³/mol. The highest BCUT2D eigenvalue weighted by Gasteiger charge is 2.32. The van der Waals surface area contributed by atoms with Gasteiger partial charge in [-0.2, -0.15) is 0 Å². The second kappa shape index (κ2) is 5.60. The quantitative estimate of drug-likeness (QED) is 0.511. The summed E-state index contributed by atoms with van der Waals surface area (Å²) in [5.74, 6) is 0.997. The molecule has 0 aliphatic carbocycles. The second-order valence-electron chi connectivity index (χ2n) is 5.96. The van der Waals surface area contributed by atoms with Gasteiger partial charge in [0.2, 0.25) is 0 Å². The average molecular weight is 431 g/mol. The normalized spacial score (nSPS) is 17.2. The van der Waals surface area contributed by atoms with Crippen molar-refractivity contribution in [2.75, 3.05) is 6.61 Å². The molecule has 3 rings (SSSR count). The fraction of sp³-hybridized carbons (Fsp3) is 0.294. The first-order valence-electron chi connectivity index (χ1n) is 6.75. The third-order valence-corrected chi connectivity index (χ3v) is 6.14. The number of ether oxygens (including phenoxy) is 1. The van der Waals surface area contributed by atoms with Gasteiger partial charge in [0.15, 0.2) is 0 Å². The van der Waals surface area contributed by atoms with E-state index in [0.29, 0.717) is 0 Å². The van der Waals surface area contributed by atoms with Gasteiger partial charge in [0.25, 0.3) is 0 Å². The van der Waals surface area contributed by atoms with Crippen molar-refractivity contribution in [3.8, 4) is 5.75 Å². The minimum atomic E-state index is 0.0649. The molecule has 0 N–H and O–H groups in total. The summed E-state index contributed by atoms with van der Waals surface area (Å²) in [6, 6.07) is 12.4. The average Bonchev–Trinajstić information content (AvgIpc) is 2.76. The van der Waals surface area contributed by atoms with Gasteiger partial charge in [-0.1, -0.05) is 53.5 Å². The van der Waals surface area contributed by atoms with Crippen LogP contribution in [0.3, 0.4) is 0 Å². The molecule has 1 nitrogen and oxygen atoms in total. The Labute approximate surface area is 146 Å². The molecule has 110 valence electrons. The first-order valence-corrected chi connectivity index (χ1v) is 8.83. The van der Waals surface area contributed by atoms with E-state index >= 15 is 0 Å². The van der Waals surface area contributed by atoms with Gasteiger partial charge < -0.3 is 4.74 Å². The summed E-state index contributed by atoms with van der Waals surface area (Å²) >= 11 is 13.4. The standard InChI is InChI=1S/C17H15Br2ClO/c1-17(2)9-21-15-6-4-10(7-12(15)17)16(19)11-3-5-13(18)14(20)8-11/h3-8,16H,9H2,1-2H3. The number of rotatable bonds is 2. The van der Waals surface area contributed by atoms with E-state index in [1.54, 1.807) is 0 Å². The Morgan fingerprint density at radius 2 is 1.81 bits per heavy atom. The summed E-state index contributed by atoms with van der Waals surface area (Å²) < 4.78 is 6.66. The van der Waals surface area contributed by atoms with Crippen molar-refractivity contribution < 1.29 is 4.74 Å². The number of hydrogen-bond acceptors (Lipinski definition) is 1. The fourth-order valence-electron chi connectivity index (χ4n) is 2.56. The summed E-state index contributed by atoms with van der Waals surface area (Å²) in [4.78, 5) is 0.116. The molecule has 2 aromatic carbocycles. The van der Waals surface area contributed by atoms with Gasteiger partial charge >= 0.3 is 0 Å². The summed E-state index contributed by atoms with van der Waals surface area (Å²) in [6.07, 6.45) is 0. The van der Waals surface area contributed by atoms with E-state index in [2.05, 4.69) is 70.0 Å². The van der Waals surface area contributed by atoms with Crippen molar-refractivity contribution in [3.63, 3.8) is 0 Å². The van der Waals surface area contributed by atoms with Gasteiger partial charge in [0.1, 0.15) is 5.75 Å². The lowest BCUT2D eigenvalue weighted by Gasteiger charge is -2.18. The van der Waals surface area contributed by atoms with Crippen molar-refractivity contribution in [1.82, 2.24) is 0 Å². The van der Waals surface area contributed by atoms with Crippen LogP contribution in [0.1, 0.15) is 35.4 Å². The van der Waals surface area contributed by atoms with Crippen LogP contribution in [0, 0.1) is 0 Å². The van der Waals surface area contributed by atoms with Crippen LogP contribution in [0.5, 0.6) is 5.75 Å². The van der Waals surface area contributed by atoms with Gasteiger partial charge in [-0.05, 0) is 51.3 Å². The first-order chi connectivity index (χ1) is 9.88. The Morgan fingerprint density at radius 3 is 2.52 bits per heavy atom. The molecular formula is C17H15Br2ClO. The summed E-state index contributed by atoms with van der Waals surface area (Å²) in [7, 11) is 0. The molecule has 0 spiro atoms. The SMILES string of the molecule is CC1(C)COc2ccc(C(Br)c3ccc(Br)c(Cl)c3)cc21. The molecule has 1 unspecified atom stereocenters. The molecule has 1 heterocycles. The van der Waals surface area contributed by atoms with Crippen LogP contribution in [0.4, 0.5) is 0 Å². The van der Waals surface area contributed by atoms with E-state index in [1.165, 1.54) is 11.1 Å². The number of alkyl halides is 1. The molecule has 0 saturated carbocycles. The molecule has 1 atom stereocenters. The second-order valence-corrected chi connectivity index (χ2v) is 8.14. The Balaban J connectivity index is 1.99. The number of benzene rings is 2. The maximum atomic E-state index is 6.20. The third kappa shape index (κ3) is 2.88. The predicted octanol–water partition coefficient (Wildman–Crippen LogP) is 6.26. The summed E-state index contributed by atoms with van der Waals surface area (Å²) in [6.45, 7) is 5.16. The Hall–Kier alpha value is -0.510. The highest BCUT2D eigenvalue weighted by atomic mass is 79.9. The molecule has 0 amide bonds. The van der Waals surface area contributed by atoms with Crippen LogP contribution in [0.2, 0.25) is 5.02 Å². The minimum Gasteiger partial charge on any atom is -0.492 e. The molecule has 0 radical (unpaired) electrons. The van der Waals surface area contributed by atoms with Gasteiger partial charge in [-0.15, -0.1) is 0 Å². The lowest BCUT2D eigenvalue weighted by molar-refractivity contribution is 0.291. The highest BCUT2D eigenvalue weighted by molar-refractivity contribution is 9.10. The van der Waals surface area contributed by atoms with Gasteiger partial charge in [-0.3, -0.25) is 0 Å². The maximum absolute atomic E-state index is 6.20. The monoisotopic (exact) mass is 428 g/mol. The van der Waals surface area contributed by atoms with E-state index in [9.17, 15) is 0 Å². The number of halogens is 3. The maximum Gasteiger partial charge on any atom is 0.123 e. The molecule has 0 fully saturated rings. The van der Waals surface area contributed by atoms with Gasteiger partial charge in [0, 0.05) is 15.5 Å². The lowest BCUT2D eigenvalue weighted by atomic mass is 9.85. The van der Waals surface area contributed by atoms with Crippen LogP contribution in [-0.4, -0.2) is 6.61 Å². The zero-order chi connectivity index (χ0) is 15.2. The third-order valence-electron chi connectivity index (χ3n) is 3.85. The minimum absolute atomic E-state index is 0.0649. The number of fused-ring (bicyclic) bond motifs is 1. The van der Waals surface area contributed by atoms with Crippen molar-refractivity contribution in [3.05, 3.63) is 62.6 Å². The Morgan fingerprint density at radius 1 is 1.14 bits per heavy atom. The van der Waals surface area contributed by atoms with E-state index in [4.69, 9.17) is 16.3 Å². The van der Waals surface area contributed by atoms with Gasteiger partial charge in [-0.25, -0.2) is 0 Å². The smallest absolute Gasteiger partial charge is 0.123 e. The van der Waals surface area contributed by atoms with Crippen molar-refractivity contribution in [2.45, 2.75) is 24.1 Å². The van der Waals surface area contributed by atoms with E-state index in [1.807, 2.05) is 12.1 Å². The van der Waals surface area contributed by atoms with Crippen LogP contribution >= 0.6 is 43.5 Å². The first kappa shape index (κ1) is 15.4. The summed E-state index contributed by atoms with van der Waals surface area (Å²) in [5.41, 5.74) is 3.69. The lowest BCUT2D eigenvalue weighted by Crippen LogP contribution is -2.18. The molecule has 21 heavy (non-hydrogen) atoms. The van der Waals surface area contributed by atoms with E-state index in [0.717, 1.165) is 27.4 Å². The van der Waals surface area contributed by atoms with Crippen molar-refractivity contribution >= 4 is 43.5 Å². The Bertz CT molecular complexity index is 697. The van der Waals surface area contributed by atoms with Crippen LogP contribution < -0.4 is 4.74 Å². The zero-order valence-electron chi connectivity index (χ0n) is 11.8. The van der Waals surface area contributed by atoms with Crippen LogP contribution in [0.15, 0.2) is 40.9 Å². The highest BCUT2D eigenvalue weighted by Crippen LogP contribution is 2.42. The Kier molecular flexibility index (Phi) is 4.10. The molecule has 0 saturated heterocycles. The van der Waals surface area contributed by atoms with E-state index in [-0.39, 0.29) is 10.2 Å². The molecule has 0 aromatic heterocycles. The van der Waals surface area contributed by atoms with Crippen molar-refractivity contribution in [1.29, 1.82) is 0 Å². The van der Waals surface area contributed by atoms with Gasteiger partial charge in [0.05, 0.1) is 16.5 Å². The van der Waals surface area contributed by atoms with Crippen molar-refractivity contribution in [2.24, 2.45) is 0 Å². The molecule has 0 bridgehead atoms. The molecule has 2 aromatic rings. The van der Waals surface area contributed by atoms with Crippen LogP contribution in [-0.2, 0) is 5.41 Å². The topological polar surface area (TPSA) is 9.23 Å². The molecule has 4 heteroatoms. The van der Waals surface area contributed by atoms with Crippen LogP contribution in [0.25, 0.3) is 0 Å². The molecule has 1 aliphatic rings. The molecule has 1 aliphatic heterocycles. The fourth-order valence-corrected chi connectivity index (χ4v) is 3.56. The number of hydrogen-bond donors (Lipinski definition) is 0. The zero-order valence-corrected chi connectivity index (χ0v) is 15.7. The largest absolute Gasteiger partial charge is 0.492 e. The molecular weight excluding hydrogens is 415 g/mol.